The van der Waals surface area contributed by atoms with Gasteiger partial charge < -0.3 is 16.4 Å². The molecule has 0 aliphatic heterocycles. The number of nitrogen functional groups attached to an aromatic ring is 1. The number of anilines is 5. The Morgan fingerprint density at radius 3 is 2.30 bits per heavy atom. The maximum absolute atomic E-state index is 6.35. The Balaban J connectivity index is 1.69. The molecule has 0 bridgehead atoms. The van der Waals surface area contributed by atoms with Gasteiger partial charge in [0.25, 0.3) is 0 Å². The molecular weight excluding hydrogens is 336 g/mol. The summed E-state index contributed by atoms with van der Waals surface area (Å²) in [5, 5.41) is 7.63. The third-order valence-electron chi connectivity index (χ3n) is 4.64. The van der Waals surface area contributed by atoms with Crippen LogP contribution in [-0.4, -0.2) is 15.0 Å². The van der Waals surface area contributed by atoms with Crippen LogP contribution in [0.5, 0.6) is 0 Å². The molecule has 4 aromatic rings. The van der Waals surface area contributed by atoms with Crippen molar-refractivity contribution >= 4 is 39.6 Å². The first-order chi connectivity index (χ1) is 13.1. The van der Waals surface area contributed by atoms with E-state index in [1.165, 1.54) is 11.9 Å². The number of rotatable bonds is 4. The van der Waals surface area contributed by atoms with Crippen molar-refractivity contribution in [2.45, 2.75) is 13.8 Å². The molecule has 4 N–H and O–H groups in total. The lowest BCUT2D eigenvalue weighted by atomic mass is 10.1. The van der Waals surface area contributed by atoms with Crippen LogP contribution in [0.1, 0.15) is 11.1 Å². The largest absolute Gasteiger partial charge is 0.393 e. The highest BCUT2D eigenvalue weighted by atomic mass is 15.1. The molecule has 0 fully saturated rings. The number of hydrogen-bond acceptors (Lipinski definition) is 6. The van der Waals surface area contributed by atoms with Crippen molar-refractivity contribution < 1.29 is 0 Å². The fourth-order valence-corrected chi connectivity index (χ4v) is 2.95. The van der Waals surface area contributed by atoms with Gasteiger partial charge >= 0.3 is 0 Å². The highest BCUT2D eigenvalue weighted by Gasteiger charge is 2.11. The zero-order valence-electron chi connectivity index (χ0n) is 15.2. The summed E-state index contributed by atoms with van der Waals surface area (Å²) in [5.74, 6) is 1.12. The SMILES string of the molecule is Cc1cccc(Nc2ncnc(Nc3cccc4ncccc34)c2N)c1C. The molecule has 2 heterocycles. The van der Waals surface area contributed by atoms with E-state index in [-0.39, 0.29) is 0 Å². The van der Waals surface area contributed by atoms with E-state index in [1.54, 1.807) is 6.20 Å². The molecule has 134 valence electrons. The Hall–Kier alpha value is -3.67. The molecule has 4 rings (SSSR count). The number of nitrogens with one attached hydrogen (secondary N) is 2. The predicted octanol–water partition coefficient (Wildman–Crippen LogP) is 4.71. The molecule has 0 aliphatic carbocycles. The van der Waals surface area contributed by atoms with Crippen LogP contribution in [0.3, 0.4) is 0 Å². The zero-order chi connectivity index (χ0) is 18.8. The van der Waals surface area contributed by atoms with Crippen LogP contribution >= 0.6 is 0 Å². The summed E-state index contributed by atoms with van der Waals surface area (Å²) < 4.78 is 0. The van der Waals surface area contributed by atoms with E-state index in [0.717, 1.165) is 27.8 Å². The summed E-state index contributed by atoms with van der Waals surface area (Å²) in [6, 6.07) is 15.9. The highest BCUT2D eigenvalue weighted by Crippen LogP contribution is 2.31. The topological polar surface area (TPSA) is 88.8 Å². The fourth-order valence-electron chi connectivity index (χ4n) is 2.95. The molecule has 0 spiro atoms. The summed E-state index contributed by atoms with van der Waals surface area (Å²) in [6.45, 7) is 4.14. The zero-order valence-corrected chi connectivity index (χ0v) is 15.2. The number of aryl methyl sites for hydroxylation is 1. The molecule has 2 aromatic carbocycles. The Labute approximate surface area is 157 Å². The maximum atomic E-state index is 6.35. The number of pyridine rings is 1. The molecule has 6 nitrogen and oxygen atoms in total. The average molecular weight is 356 g/mol. The second kappa shape index (κ2) is 6.92. The minimum atomic E-state index is 0.458. The van der Waals surface area contributed by atoms with Crippen molar-refractivity contribution in [3.05, 3.63) is 72.2 Å². The number of fused-ring (bicyclic) bond motifs is 1. The van der Waals surface area contributed by atoms with Gasteiger partial charge in [0.05, 0.1) is 5.52 Å². The molecule has 0 saturated heterocycles. The van der Waals surface area contributed by atoms with E-state index >= 15 is 0 Å². The van der Waals surface area contributed by atoms with Crippen LogP contribution in [0.2, 0.25) is 0 Å². The van der Waals surface area contributed by atoms with Gasteiger partial charge in [0.15, 0.2) is 11.6 Å². The minimum absolute atomic E-state index is 0.458. The minimum Gasteiger partial charge on any atom is -0.393 e. The Bertz CT molecular complexity index is 1120. The summed E-state index contributed by atoms with van der Waals surface area (Å²) >= 11 is 0. The van der Waals surface area contributed by atoms with Crippen molar-refractivity contribution in [1.82, 2.24) is 15.0 Å². The van der Waals surface area contributed by atoms with Gasteiger partial charge in [-0.25, -0.2) is 9.97 Å². The lowest BCUT2D eigenvalue weighted by molar-refractivity contribution is 1.17. The lowest BCUT2D eigenvalue weighted by Crippen LogP contribution is -2.06. The second-order valence-corrected chi connectivity index (χ2v) is 6.36. The Kier molecular flexibility index (Phi) is 4.30. The van der Waals surface area contributed by atoms with Gasteiger partial charge in [-0.3, -0.25) is 4.98 Å². The van der Waals surface area contributed by atoms with Crippen LogP contribution in [-0.2, 0) is 0 Å². The van der Waals surface area contributed by atoms with Crippen molar-refractivity contribution in [1.29, 1.82) is 0 Å². The van der Waals surface area contributed by atoms with E-state index in [0.29, 0.717) is 17.3 Å². The van der Waals surface area contributed by atoms with Crippen molar-refractivity contribution in [3.63, 3.8) is 0 Å². The first-order valence-electron chi connectivity index (χ1n) is 8.68. The summed E-state index contributed by atoms with van der Waals surface area (Å²) in [7, 11) is 0. The summed E-state index contributed by atoms with van der Waals surface area (Å²) in [6.07, 6.45) is 3.27. The molecule has 27 heavy (non-hydrogen) atoms. The van der Waals surface area contributed by atoms with E-state index < -0.39 is 0 Å². The van der Waals surface area contributed by atoms with E-state index in [1.807, 2.05) is 42.5 Å². The fraction of sp³-hybridized carbons (Fsp3) is 0.0952. The first-order valence-corrected chi connectivity index (χ1v) is 8.68. The molecule has 0 aliphatic rings. The van der Waals surface area contributed by atoms with Crippen molar-refractivity contribution in [2.75, 3.05) is 16.4 Å². The second-order valence-electron chi connectivity index (χ2n) is 6.36. The van der Waals surface area contributed by atoms with E-state index in [4.69, 9.17) is 5.73 Å². The van der Waals surface area contributed by atoms with Crippen LogP contribution in [0.4, 0.5) is 28.7 Å². The lowest BCUT2D eigenvalue weighted by Gasteiger charge is -2.15. The number of hydrogen-bond donors (Lipinski definition) is 3. The van der Waals surface area contributed by atoms with Crippen LogP contribution in [0.25, 0.3) is 10.9 Å². The monoisotopic (exact) mass is 356 g/mol. The standard InChI is InChI=1S/C21H20N6/c1-13-6-3-8-16(14(13)2)26-20-19(22)21(25-12-24-20)27-18-10-4-9-17-15(18)7-5-11-23-17/h3-12H,22H2,1-2H3,(H2,24,25,26,27). The van der Waals surface area contributed by atoms with Gasteiger partial charge in [-0.2, -0.15) is 0 Å². The molecule has 6 heteroatoms. The van der Waals surface area contributed by atoms with Gasteiger partial charge in [0.1, 0.15) is 12.0 Å². The smallest absolute Gasteiger partial charge is 0.159 e. The number of benzene rings is 2. The summed E-state index contributed by atoms with van der Waals surface area (Å²) in [4.78, 5) is 13.0. The van der Waals surface area contributed by atoms with Crippen LogP contribution in [0.15, 0.2) is 61.1 Å². The Morgan fingerprint density at radius 1 is 0.778 bits per heavy atom. The molecule has 0 unspecified atom stereocenters. The van der Waals surface area contributed by atoms with Gasteiger partial charge in [0, 0.05) is 23.0 Å². The molecule has 2 aromatic heterocycles. The molecule has 0 radical (unpaired) electrons. The third-order valence-corrected chi connectivity index (χ3v) is 4.64. The molecule has 0 atom stereocenters. The molecular formula is C21H20N6. The molecule has 0 saturated carbocycles. The maximum Gasteiger partial charge on any atom is 0.159 e. The van der Waals surface area contributed by atoms with Gasteiger partial charge in [-0.15, -0.1) is 0 Å². The first kappa shape index (κ1) is 16.8. The van der Waals surface area contributed by atoms with E-state index in [2.05, 4.69) is 45.5 Å². The number of nitrogens with two attached hydrogens (primary N) is 1. The highest BCUT2D eigenvalue weighted by molar-refractivity contribution is 5.94. The Morgan fingerprint density at radius 2 is 1.48 bits per heavy atom. The summed E-state index contributed by atoms with van der Waals surface area (Å²) in [5.41, 5.74) is 11.9. The van der Waals surface area contributed by atoms with Gasteiger partial charge in [-0.05, 0) is 55.3 Å². The van der Waals surface area contributed by atoms with Gasteiger partial charge in [-0.1, -0.05) is 18.2 Å². The normalized spacial score (nSPS) is 10.7. The van der Waals surface area contributed by atoms with Crippen molar-refractivity contribution in [2.24, 2.45) is 0 Å². The average Bonchev–Trinajstić information content (AvgIpc) is 2.69. The number of aromatic nitrogens is 3. The quantitative estimate of drug-likeness (QED) is 0.491. The van der Waals surface area contributed by atoms with Gasteiger partial charge in [0.2, 0.25) is 0 Å². The third kappa shape index (κ3) is 3.25. The predicted molar refractivity (Wildman–Crippen MR) is 111 cm³/mol. The van der Waals surface area contributed by atoms with Crippen LogP contribution in [0, 0.1) is 13.8 Å². The number of nitrogens with zero attached hydrogens (tertiary/aromatic N) is 3. The van der Waals surface area contributed by atoms with E-state index in [9.17, 15) is 0 Å². The van der Waals surface area contributed by atoms with Crippen molar-refractivity contribution in [3.8, 4) is 0 Å². The van der Waals surface area contributed by atoms with Crippen LogP contribution < -0.4 is 16.4 Å². The molecule has 0 amide bonds.